The van der Waals surface area contributed by atoms with Crippen LogP contribution in [-0.2, 0) is 17.8 Å². The molecule has 0 saturated heterocycles. The van der Waals surface area contributed by atoms with Gasteiger partial charge in [-0.2, -0.15) is 0 Å². The fourth-order valence-corrected chi connectivity index (χ4v) is 4.52. The number of aromatic nitrogens is 3. The predicted molar refractivity (Wildman–Crippen MR) is 133 cm³/mol. The SMILES string of the molecule is CCOc1ccc(Cc2cc3cc(NC(=O)C(C)(C)C)cnc3n2CC2CCCCC2)nc1. The monoisotopic (exact) mass is 448 g/mol. The van der Waals surface area contributed by atoms with Crippen molar-refractivity contribution in [1.29, 1.82) is 0 Å². The van der Waals surface area contributed by atoms with Gasteiger partial charge in [0.15, 0.2) is 0 Å². The summed E-state index contributed by atoms with van der Waals surface area (Å²) in [6, 6.07) is 8.27. The summed E-state index contributed by atoms with van der Waals surface area (Å²) in [5.41, 5.74) is 3.48. The van der Waals surface area contributed by atoms with E-state index in [1.54, 1.807) is 12.4 Å². The number of fused-ring (bicyclic) bond motifs is 1. The Labute approximate surface area is 196 Å². The van der Waals surface area contributed by atoms with Gasteiger partial charge in [-0.15, -0.1) is 0 Å². The Bertz CT molecular complexity index is 1090. The molecular formula is C27H36N4O2. The first-order valence-corrected chi connectivity index (χ1v) is 12.2. The van der Waals surface area contributed by atoms with Crippen molar-refractivity contribution in [1.82, 2.24) is 14.5 Å². The van der Waals surface area contributed by atoms with Crippen LogP contribution >= 0.6 is 0 Å². The molecule has 1 fully saturated rings. The molecular weight excluding hydrogens is 412 g/mol. The smallest absolute Gasteiger partial charge is 0.229 e. The lowest BCUT2D eigenvalue weighted by atomic mass is 9.89. The van der Waals surface area contributed by atoms with Crippen molar-refractivity contribution in [3.05, 3.63) is 48.0 Å². The van der Waals surface area contributed by atoms with E-state index in [1.807, 2.05) is 45.9 Å². The largest absolute Gasteiger partial charge is 0.492 e. The molecule has 33 heavy (non-hydrogen) atoms. The summed E-state index contributed by atoms with van der Waals surface area (Å²) in [7, 11) is 0. The molecule has 0 radical (unpaired) electrons. The summed E-state index contributed by atoms with van der Waals surface area (Å²) in [4.78, 5) is 21.9. The Kier molecular flexibility index (Phi) is 7.01. The van der Waals surface area contributed by atoms with Crippen LogP contribution in [-0.4, -0.2) is 27.0 Å². The molecule has 6 heteroatoms. The number of amides is 1. The molecule has 1 N–H and O–H groups in total. The molecule has 0 aromatic carbocycles. The van der Waals surface area contributed by atoms with Crippen LogP contribution in [0.25, 0.3) is 11.0 Å². The molecule has 0 aliphatic heterocycles. The zero-order chi connectivity index (χ0) is 23.4. The number of rotatable bonds is 7. The molecule has 0 unspecified atom stereocenters. The van der Waals surface area contributed by atoms with Gasteiger partial charge in [0, 0.05) is 35.2 Å². The first-order valence-electron chi connectivity index (χ1n) is 12.2. The van der Waals surface area contributed by atoms with Crippen molar-refractivity contribution in [2.45, 2.75) is 72.8 Å². The molecule has 1 amide bonds. The Balaban J connectivity index is 1.64. The summed E-state index contributed by atoms with van der Waals surface area (Å²) in [5.74, 6) is 1.47. The highest BCUT2D eigenvalue weighted by atomic mass is 16.5. The van der Waals surface area contributed by atoms with E-state index in [-0.39, 0.29) is 5.91 Å². The second-order valence-corrected chi connectivity index (χ2v) is 10.2. The molecule has 0 spiro atoms. The molecule has 176 valence electrons. The summed E-state index contributed by atoms with van der Waals surface area (Å²) < 4.78 is 7.91. The highest BCUT2D eigenvalue weighted by Crippen LogP contribution is 2.30. The normalized spacial score (nSPS) is 15.0. The van der Waals surface area contributed by atoms with Crippen LogP contribution in [0.3, 0.4) is 0 Å². The zero-order valence-electron chi connectivity index (χ0n) is 20.4. The average molecular weight is 449 g/mol. The maximum absolute atomic E-state index is 12.5. The van der Waals surface area contributed by atoms with Crippen LogP contribution in [0.1, 0.15) is 71.2 Å². The summed E-state index contributed by atoms with van der Waals surface area (Å²) in [5, 5.41) is 4.07. The third kappa shape index (κ3) is 5.73. The Hall–Kier alpha value is -2.89. The number of nitrogens with one attached hydrogen (secondary N) is 1. The van der Waals surface area contributed by atoms with E-state index >= 15 is 0 Å². The molecule has 0 atom stereocenters. The highest BCUT2D eigenvalue weighted by molar-refractivity contribution is 5.96. The minimum Gasteiger partial charge on any atom is -0.492 e. The molecule has 1 aliphatic rings. The predicted octanol–water partition coefficient (Wildman–Crippen LogP) is 5.99. The molecule has 3 heterocycles. The maximum atomic E-state index is 12.5. The number of pyridine rings is 2. The fraction of sp³-hybridized carbons (Fsp3) is 0.519. The number of carbonyl (C=O) groups excluding carboxylic acids is 1. The highest BCUT2D eigenvalue weighted by Gasteiger charge is 2.22. The quantitative estimate of drug-likeness (QED) is 0.482. The minimum atomic E-state index is -0.452. The maximum Gasteiger partial charge on any atom is 0.229 e. The van der Waals surface area contributed by atoms with Gasteiger partial charge >= 0.3 is 0 Å². The van der Waals surface area contributed by atoms with Gasteiger partial charge in [0.25, 0.3) is 0 Å². The standard InChI is InChI=1S/C27H36N4O2/c1-5-33-24-12-11-21(28-17-24)15-23-14-20-13-22(30-26(32)27(2,3)4)16-29-25(20)31(23)18-19-9-7-6-8-10-19/h11-14,16-17,19H,5-10,15,18H2,1-4H3,(H,30,32). The summed E-state index contributed by atoms with van der Waals surface area (Å²) in [6.45, 7) is 9.33. The van der Waals surface area contributed by atoms with Gasteiger partial charge < -0.3 is 14.6 Å². The lowest BCUT2D eigenvalue weighted by Gasteiger charge is -2.23. The van der Waals surface area contributed by atoms with Gasteiger partial charge in [-0.25, -0.2) is 4.98 Å². The second-order valence-electron chi connectivity index (χ2n) is 10.2. The van der Waals surface area contributed by atoms with E-state index in [1.165, 1.54) is 37.8 Å². The van der Waals surface area contributed by atoms with Crippen molar-refractivity contribution in [3.63, 3.8) is 0 Å². The number of ether oxygens (including phenoxy) is 1. The van der Waals surface area contributed by atoms with Crippen molar-refractivity contribution < 1.29 is 9.53 Å². The van der Waals surface area contributed by atoms with Crippen LogP contribution in [0.5, 0.6) is 5.75 Å². The van der Waals surface area contributed by atoms with E-state index in [4.69, 9.17) is 9.72 Å². The second kappa shape index (κ2) is 9.94. The van der Waals surface area contributed by atoms with E-state index in [2.05, 4.69) is 20.9 Å². The topological polar surface area (TPSA) is 69.0 Å². The van der Waals surface area contributed by atoms with Crippen LogP contribution in [0.4, 0.5) is 5.69 Å². The number of hydrogen-bond acceptors (Lipinski definition) is 4. The van der Waals surface area contributed by atoms with Gasteiger partial charge in [0.1, 0.15) is 11.4 Å². The number of hydrogen-bond donors (Lipinski definition) is 1. The van der Waals surface area contributed by atoms with Crippen molar-refractivity contribution in [2.75, 3.05) is 11.9 Å². The lowest BCUT2D eigenvalue weighted by Crippen LogP contribution is -2.27. The van der Waals surface area contributed by atoms with Crippen molar-refractivity contribution in [3.8, 4) is 5.75 Å². The molecule has 6 nitrogen and oxygen atoms in total. The molecule has 1 saturated carbocycles. The molecule has 1 aliphatic carbocycles. The fourth-order valence-electron chi connectivity index (χ4n) is 4.52. The van der Waals surface area contributed by atoms with Crippen LogP contribution in [0.2, 0.25) is 0 Å². The molecule has 4 rings (SSSR count). The Morgan fingerprint density at radius 3 is 2.58 bits per heavy atom. The first kappa shape index (κ1) is 23.3. The van der Waals surface area contributed by atoms with Crippen molar-refractivity contribution >= 4 is 22.6 Å². The first-order chi connectivity index (χ1) is 15.8. The number of nitrogens with zero attached hydrogens (tertiary/aromatic N) is 3. The zero-order valence-corrected chi connectivity index (χ0v) is 20.4. The van der Waals surface area contributed by atoms with Gasteiger partial charge in [0.2, 0.25) is 5.91 Å². The third-order valence-electron chi connectivity index (χ3n) is 6.40. The third-order valence-corrected chi connectivity index (χ3v) is 6.40. The van der Waals surface area contributed by atoms with Gasteiger partial charge in [0.05, 0.1) is 24.7 Å². The number of anilines is 1. The van der Waals surface area contributed by atoms with E-state index in [0.29, 0.717) is 12.5 Å². The van der Waals surface area contributed by atoms with Crippen LogP contribution in [0, 0.1) is 11.3 Å². The van der Waals surface area contributed by atoms with Gasteiger partial charge in [-0.05, 0) is 49.9 Å². The van der Waals surface area contributed by atoms with Gasteiger partial charge in [-0.3, -0.25) is 9.78 Å². The van der Waals surface area contributed by atoms with Crippen LogP contribution in [0.15, 0.2) is 36.7 Å². The van der Waals surface area contributed by atoms with Crippen molar-refractivity contribution in [2.24, 2.45) is 11.3 Å². The van der Waals surface area contributed by atoms with E-state index < -0.39 is 5.41 Å². The van der Waals surface area contributed by atoms with E-state index in [9.17, 15) is 4.79 Å². The average Bonchev–Trinajstić information content (AvgIpc) is 3.11. The minimum absolute atomic E-state index is 0.0101. The molecule has 0 bridgehead atoms. The Morgan fingerprint density at radius 2 is 1.91 bits per heavy atom. The van der Waals surface area contributed by atoms with E-state index in [0.717, 1.165) is 41.1 Å². The number of carbonyl (C=O) groups is 1. The molecule has 3 aromatic heterocycles. The molecule has 3 aromatic rings. The summed E-state index contributed by atoms with van der Waals surface area (Å²) >= 11 is 0. The van der Waals surface area contributed by atoms with Crippen LogP contribution < -0.4 is 10.1 Å². The Morgan fingerprint density at radius 1 is 1.12 bits per heavy atom. The summed E-state index contributed by atoms with van der Waals surface area (Å²) in [6.07, 6.45) is 10.8. The lowest BCUT2D eigenvalue weighted by molar-refractivity contribution is -0.123. The van der Waals surface area contributed by atoms with Gasteiger partial charge in [-0.1, -0.05) is 40.0 Å².